The van der Waals surface area contributed by atoms with Gasteiger partial charge in [-0.05, 0) is 64.2 Å². The van der Waals surface area contributed by atoms with Crippen molar-refractivity contribution in [3.63, 3.8) is 0 Å². The van der Waals surface area contributed by atoms with Gasteiger partial charge in [0.25, 0.3) is 0 Å². The van der Waals surface area contributed by atoms with E-state index in [-0.39, 0.29) is 24.2 Å². The van der Waals surface area contributed by atoms with Gasteiger partial charge in [-0.25, -0.2) is 15.0 Å². The fourth-order valence-electron chi connectivity index (χ4n) is 8.63. The van der Waals surface area contributed by atoms with Crippen molar-refractivity contribution >= 4 is 43.7 Å². The van der Waals surface area contributed by atoms with Crippen LogP contribution in [0.1, 0.15) is 5.48 Å². The highest BCUT2D eigenvalue weighted by molar-refractivity contribution is 6.14. The number of benzene rings is 9. The zero-order valence-electron chi connectivity index (χ0n) is 37.2. The van der Waals surface area contributed by atoms with Gasteiger partial charge in [-0.2, -0.15) is 0 Å². The minimum atomic E-state index is -0.270. The van der Waals surface area contributed by atoms with Crippen molar-refractivity contribution in [3.05, 3.63) is 218 Å². The van der Waals surface area contributed by atoms with Gasteiger partial charge in [0.1, 0.15) is 11.2 Å². The Bertz CT molecular complexity index is 3850. The van der Waals surface area contributed by atoms with Gasteiger partial charge in [-0.1, -0.05) is 182 Å². The van der Waals surface area contributed by atoms with Gasteiger partial charge in [-0.3, -0.25) is 0 Å². The lowest BCUT2D eigenvalue weighted by molar-refractivity contribution is 0.669. The molecule has 12 rings (SSSR count). The number of aromatic nitrogens is 4. The van der Waals surface area contributed by atoms with Crippen molar-refractivity contribution in [3.8, 4) is 73.2 Å². The van der Waals surface area contributed by atoms with Crippen LogP contribution in [0.5, 0.6) is 0 Å². The molecule has 3 heterocycles. The molecule has 3 aromatic heterocycles. The van der Waals surface area contributed by atoms with Crippen LogP contribution in [0.4, 0.5) is 0 Å². The predicted molar refractivity (Wildman–Crippen MR) is 254 cm³/mol. The highest BCUT2D eigenvalue weighted by Crippen LogP contribution is 2.40. The SMILES string of the molecule is [2H]c1c([2H])c([2H])c2c(c1[2H])c1cccc(-c3cccc(-c4ccccc4)c3)c1n2-c1ccc(-c2ccc(-c3nc(-c4ccccc4)nc(-c4cccc5c4oc4ccccc45)n3)cc2)cc1. The maximum Gasteiger partial charge on any atom is 0.167 e. The molecule has 0 aliphatic heterocycles. The molecule has 290 valence electrons. The maximum atomic E-state index is 9.19. The lowest BCUT2D eigenvalue weighted by Crippen LogP contribution is -2.00. The Hall–Kier alpha value is -8.41. The summed E-state index contributed by atoms with van der Waals surface area (Å²) < 4.78 is 44.0. The Morgan fingerprint density at radius 1 is 0.387 bits per heavy atom. The number of para-hydroxylation sites is 4. The van der Waals surface area contributed by atoms with Crippen LogP contribution in [-0.4, -0.2) is 19.5 Å². The lowest BCUT2D eigenvalue weighted by Gasteiger charge is -2.13. The van der Waals surface area contributed by atoms with Crippen LogP contribution in [0.15, 0.2) is 223 Å². The molecule has 0 saturated carbocycles. The van der Waals surface area contributed by atoms with Gasteiger partial charge in [0.05, 0.1) is 22.1 Å². The van der Waals surface area contributed by atoms with Crippen molar-refractivity contribution in [2.45, 2.75) is 0 Å². The van der Waals surface area contributed by atoms with E-state index in [2.05, 4.69) is 72.8 Å². The van der Waals surface area contributed by atoms with E-state index in [1.54, 1.807) is 0 Å². The summed E-state index contributed by atoms with van der Waals surface area (Å²) in [5.74, 6) is 1.62. The number of fused-ring (bicyclic) bond motifs is 6. The topological polar surface area (TPSA) is 56.7 Å². The predicted octanol–water partition coefficient (Wildman–Crippen LogP) is 14.9. The molecule has 0 amide bonds. The summed E-state index contributed by atoms with van der Waals surface area (Å²) in [5.41, 5.74) is 12.1. The largest absolute Gasteiger partial charge is 0.455 e. The zero-order chi connectivity index (χ0) is 44.5. The molecule has 0 bridgehead atoms. The van der Waals surface area contributed by atoms with Crippen molar-refractivity contribution < 1.29 is 9.90 Å². The molecule has 62 heavy (non-hydrogen) atoms. The summed E-state index contributed by atoms with van der Waals surface area (Å²) >= 11 is 0. The van der Waals surface area contributed by atoms with Gasteiger partial charge < -0.3 is 8.98 Å². The van der Waals surface area contributed by atoms with Gasteiger partial charge in [-0.15, -0.1) is 0 Å². The van der Waals surface area contributed by atoms with Gasteiger partial charge >= 0.3 is 0 Å². The highest BCUT2D eigenvalue weighted by atomic mass is 16.3. The molecule has 0 aliphatic rings. The van der Waals surface area contributed by atoms with E-state index in [1.165, 1.54) is 0 Å². The second-order valence-electron chi connectivity index (χ2n) is 15.3. The third-order valence-corrected chi connectivity index (χ3v) is 11.6. The number of hydrogen-bond donors (Lipinski definition) is 0. The highest BCUT2D eigenvalue weighted by Gasteiger charge is 2.19. The van der Waals surface area contributed by atoms with Crippen molar-refractivity contribution in [1.29, 1.82) is 0 Å². The van der Waals surface area contributed by atoms with E-state index in [1.807, 2.05) is 126 Å². The second kappa shape index (κ2) is 14.7. The van der Waals surface area contributed by atoms with Gasteiger partial charge in [0.2, 0.25) is 0 Å². The molecular formula is C57H36N4O. The average molecular weight is 797 g/mol. The molecule has 9 aromatic carbocycles. The van der Waals surface area contributed by atoms with E-state index >= 15 is 0 Å². The van der Waals surface area contributed by atoms with Crippen molar-refractivity contribution in [2.24, 2.45) is 0 Å². The Labute approximate surface area is 363 Å². The summed E-state index contributed by atoms with van der Waals surface area (Å²) in [7, 11) is 0. The van der Waals surface area contributed by atoms with Crippen LogP contribution in [0.3, 0.4) is 0 Å². The molecule has 0 spiro atoms. The number of hydrogen-bond acceptors (Lipinski definition) is 4. The molecule has 5 nitrogen and oxygen atoms in total. The second-order valence-corrected chi connectivity index (χ2v) is 15.3. The maximum absolute atomic E-state index is 9.19. The first-order valence-electron chi connectivity index (χ1n) is 22.5. The molecule has 0 N–H and O–H groups in total. The molecule has 0 aliphatic carbocycles. The first-order chi connectivity index (χ1) is 32.4. The normalized spacial score (nSPS) is 12.5. The fourth-order valence-corrected chi connectivity index (χ4v) is 8.63. The smallest absolute Gasteiger partial charge is 0.167 e. The van der Waals surface area contributed by atoms with Crippen molar-refractivity contribution in [1.82, 2.24) is 19.5 Å². The lowest BCUT2D eigenvalue weighted by atomic mass is 9.97. The van der Waals surface area contributed by atoms with Crippen LogP contribution in [0.2, 0.25) is 0 Å². The third-order valence-electron chi connectivity index (χ3n) is 11.6. The van der Waals surface area contributed by atoms with Crippen molar-refractivity contribution in [2.75, 3.05) is 0 Å². The Balaban J connectivity index is 0.952. The van der Waals surface area contributed by atoms with E-state index in [4.69, 9.17) is 23.5 Å². The third kappa shape index (κ3) is 6.06. The standard InChI is InChI=1S/C57H36N4O/c1-3-14-37(15-4-1)42-18-11-19-43(36-42)45-22-12-23-48-46-20-7-9-26-51(46)61(53(45)48)44-34-32-39(33-35-44)38-28-30-41(31-29-38)56-58-55(40-16-5-2-6-17-40)59-57(60-56)50-25-13-24-49-47-21-8-10-27-52(47)62-54(49)50/h1-36H/i7D,9D,20D,26D. The Morgan fingerprint density at radius 3 is 1.69 bits per heavy atom. The molecule has 0 atom stereocenters. The first kappa shape index (κ1) is 31.5. The number of rotatable bonds is 7. The summed E-state index contributed by atoms with van der Waals surface area (Å²) in [4.78, 5) is 15.0. The van der Waals surface area contributed by atoms with Crippen LogP contribution in [-0.2, 0) is 0 Å². The summed E-state index contributed by atoms with van der Waals surface area (Å²) in [5, 5.41) is 3.28. The first-order valence-corrected chi connectivity index (χ1v) is 20.5. The quantitative estimate of drug-likeness (QED) is 0.161. The summed E-state index contributed by atoms with van der Waals surface area (Å²) in [6.45, 7) is 0. The van der Waals surface area contributed by atoms with Crippen LogP contribution >= 0.6 is 0 Å². The number of nitrogens with zero attached hydrogens (tertiary/aromatic N) is 4. The summed E-state index contributed by atoms with van der Waals surface area (Å²) in [6.07, 6.45) is 0. The van der Waals surface area contributed by atoms with E-state index in [0.717, 1.165) is 88.6 Å². The van der Waals surface area contributed by atoms with Crippen LogP contribution in [0, 0.1) is 0 Å². The molecule has 0 radical (unpaired) electrons. The molecule has 12 aromatic rings. The average Bonchev–Trinajstić information content (AvgIpc) is 3.95. The Morgan fingerprint density at radius 2 is 0.919 bits per heavy atom. The zero-order valence-corrected chi connectivity index (χ0v) is 33.2. The van der Waals surface area contributed by atoms with Crippen LogP contribution in [0.25, 0.3) is 117 Å². The van der Waals surface area contributed by atoms with E-state index < -0.39 is 0 Å². The molecular weight excluding hydrogens is 757 g/mol. The van der Waals surface area contributed by atoms with E-state index in [0.29, 0.717) is 28.4 Å². The van der Waals surface area contributed by atoms with Gasteiger partial charge in [0, 0.05) is 43.9 Å². The fraction of sp³-hybridized carbons (Fsp3) is 0. The van der Waals surface area contributed by atoms with Crippen LogP contribution < -0.4 is 0 Å². The summed E-state index contributed by atoms with van der Waals surface area (Å²) in [6, 6.07) is 64.2. The minimum absolute atomic E-state index is 0.0607. The molecule has 0 saturated heterocycles. The Kier molecular flexibility index (Phi) is 7.47. The number of furan rings is 1. The van der Waals surface area contributed by atoms with Gasteiger partial charge in [0.15, 0.2) is 17.5 Å². The molecule has 5 heteroatoms. The van der Waals surface area contributed by atoms with E-state index in [9.17, 15) is 1.37 Å². The molecule has 0 fully saturated rings. The monoisotopic (exact) mass is 796 g/mol. The minimum Gasteiger partial charge on any atom is -0.455 e. The molecule has 0 unspecified atom stereocenters.